The second-order valence-corrected chi connectivity index (χ2v) is 10.2. The van der Waals surface area contributed by atoms with Gasteiger partial charge in [0.25, 0.3) is 5.92 Å². The van der Waals surface area contributed by atoms with Gasteiger partial charge in [-0.1, -0.05) is 18.6 Å². The van der Waals surface area contributed by atoms with E-state index in [0.29, 0.717) is 32.7 Å². The van der Waals surface area contributed by atoms with Gasteiger partial charge in [-0.3, -0.25) is 9.80 Å². The summed E-state index contributed by atoms with van der Waals surface area (Å²) in [7, 11) is 0. The van der Waals surface area contributed by atoms with Crippen molar-refractivity contribution in [3.8, 4) is 5.75 Å². The smallest absolute Gasteiger partial charge is 0.320 e. The first kappa shape index (κ1) is 22.8. The van der Waals surface area contributed by atoms with Crippen molar-refractivity contribution in [2.75, 3.05) is 52.4 Å². The van der Waals surface area contributed by atoms with Gasteiger partial charge in [0.15, 0.2) is 0 Å². The van der Waals surface area contributed by atoms with Gasteiger partial charge < -0.3 is 14.5 Å². The quantitative estimate of drug-likeness (QED) is 0.670. The van der Waals surface area contributed by atoms with Crippen LogP contribution in [-0.2, 0) is 6.54 Å². The van der Waals surface area contributed by atoms with E-state index in [4.69, 9.17) is 4.74 Å². The van der Waals surface area contributed by atoms with Crippen LogP contribution in [-0.4, -0.2) is 96.1 Å². The van der Waals surface area contributed by atoms with Crippen LogP contribution in [0.3, 0.4) is 0 Å². The zero-order valence-electron chi connectivity index (χ0n) is 19.4. The average molecular weight is 463 g/mol. The van der Waals surface area contributed by atoms with Crippen molar-refractivity contribution in [2.24, 2.45) is 0 Å². The summed E-state index contributed by atoms with van der Waals surface area (Å²) in [6.45, 7) is 6.61. The molecule has 0 unspecified atom stereocenters. The molecule has 0 aromatic heterocycles. The van der Waals surface area contributed by atoms with Crippen molar-refractivity contribution in [1.29, 1.82) is 0 Å². The molecule has 4 aliphatic rings. The maximum atomic E-state index is 13.3. The molecule has 1 aliphatic carbocycles. The van der Waals surface area contributed by atoms with E-state index < -0.39 is 5.92 Å². The highest BCUT2D eigenvalue weighted by atomic mass is 19.3. The van der Waals surface area contributed by atoms with Gasteiger partial charge in [-0.05, 0) is 37.0 Å². The summed E-state index contributed by atoms with van der Waals surface area (Å²) in [6, 6.07) is 8.80. The van der Waals surface area contributed by atoms with Crippen LogP contribution < -0.4 is 4.74 Å². The fraction of sp³-hybridized carbons (Fsp3) is 0.720. The minimum absolute atomic E-state index is 0.0302. The second-order valence-electron chi connectivity index (χ2n) is 10.2. The van der Waals surface area contributed by atoms with Gasteiger partial charge in [0, 0.05) is 64.7 Å². The summed E-state index contributed by atoms with van der Waals surface area (Å²) in [5.41, 5.74) is 1.11. The van der Waals surface area contributed by atoms with Crippen molar-refractivity contribution in [1.82, 2.24) is 19.6 Å². The highest BCUT2D eigenvalue weighted by Crippen LogP contribution is 2.29. The van der Waals surface area contributed by atoms with E-state index in [-0.39, 0.29) is 25.0 Å². The van der Waals surface area contributed by atoms with E-state index in [9.17, 15) is 13.6 Å². The number of carbonyl (C=O) groups is 1. The zero-order valence-corrected chi connectivity index (χ0v) is 19.4. The van der Waals surface area contributed by atoms with Gasteiger partial charge in [-0.15, -0.1) is 0 Å². The molecule has 182 valence electrons. The largest absolute Gasteiger partial charge is 0.487 e. The molecular weight excluding hydrogens is 426 g/mol. The Morgan fingerprint density at radius 2 is 1.64 bits per heavy atom. The number of hydrogen-bond donors (Lipinski definition) is 0. The maximum Gasteiger partial charge on any atom is 0.320 e. The molecule has 0 bridgehead atoms. The number of carbonyl (C=O) groups excluding carboxylic acids is 1. The van der Waals surface area contributed by atoms with E-state index in [1.165, 1.54) is 19.3 Å². The highest BCUT2D eigenvalue weighted by Gasteiger charge is 2.36. The predicted octanol–water partition coefficient (Wildman–Crippen LogP) is 3.66. The average Bonchev–Trinajstić information content (AvgIpc) is 2.98. The Bertz CT molecular complexity index is 801. The van der Waals surface area contributed by atoms with Gasteiger partial charge >= 0.3 is 6.03 Å². The third-order valence-electron chi connectivity index (χ3n) is 7.73. The maximum absolute atomic E-state index is 13.3. The molecule has 0 atom stereocenters. The van der Waals surface area contributed by atoms with Crippen LogP contribution in [0.2, 0.25) is 0 Å². The molecule has 8 heteroatoms. The van der Waals surface area contributed by atoms with Crippen LogP contribution in [0.25, 0.3) is 0 Å². The summed E-state index contributed by atoms with van der Waals surface area (Å²) >= 11 is 0. The van der Waals surface area contributed by atoms with Crippen LogP contribution in [0.1, 0.15) is 44.1 Å². The molecule has 1 aromatic rings. The van der Waals surface area contributed by atoms with E-state index in [1.54, 1.807) is 0 Å². The Hall–Kier alpha value is -1.93. The lowest BCUT2D eigenvalue weighted by Gasteiger charge is -2.41. The van der Waals surface area contributed by atoms with Crippen molar-refractivity contribution in [2.45, 2.75) is 63.1 Å². The third kappa shape index (κ3) is 5.60. The predicted molar refractivity (Wildman–Crippen MR) is 123 cm³/mol. The van der Waals surface area contributed by atoms with Crippen LogP contribution in [0.5, 0.6) is 5.75 Å². The summed E-state index contributed by atoms with van der Waals surface area (Å²) in [6.07, 6.45) is 4.96. The SMILES string of the molecule is O=C(N1CCCN(C2CCC2)CC1)N1CC(Oc2ccc(CN3CCC(F)(F)CC3)cc2)C1. The molecule has 0 radical (unpaired) electrons. The van der Waals surface area contributed by atoms with Gasteiger partial charge in [-0.25, -0.2) is 13.6 Å². The van der Waals surface area contributed by atoms with Crippen molar-refractivity contribution >= 4 is 6.03 Å². The number of urea groups is 1. The number of nitrogens with zero attached hydrogens (tertiary/aromatic N) is 4. The van der Waals surface area contributed by atoms with Crippen molar-refractivity contribution in [3.63, 3.8) is 0 Å². The lowest BCUT2D eigenvalue weighted by atomic mass is 9.91. The van der Waals surface area contributed by atoms with E-state index in [1.807, 2.05) is 34.1 Å². The first-order valence-electron chi connectivity index (χ1n) is 12.6. The summed E-state index contributed by atoms with van der Waals surface area (Å²) in [5.74, 6) is -1.71. The summed E-state index contributed by atoms with van der Waals surface area (Å²) in [4.78, 5) is 21.5. The molecule has 33 heavy (non-hydrogen) atoms. The van der Waals surface area contributed by atoms with Crippen LogP contribution in [0.4, 0.5) is 13.6 Å². The Labute approximate surface area is 195 Å². The number of piperidine rings is 1. The number of hydrogen-bond acceptors (Lipinski definition) is 4. The molecular formula is C25H36F2N4O2. The molecule has 4 fully saturated rings. The number of rotatable bonds is 5. The molecule has 2 amide bonds. The first-order chi connectivity index (χ1) is 15.9. The van der Waals surface area contributed by atoms with Crippen LogP contribution in [0.15, 0.2) is 24.3 Å². The fourth-order valence-electron chi connectivity index (χ4n) is 5.28. The molecule has 5 rings (SSSR count). The summed E-state index contributed by atoms with van der Waals surface area (Å²) < 4.78 is 32.7. The number of ether oxygens (including phenoxy) is 1. The van der Waals surface area contributed by atoms with E-state index in [2.05, 4.69) is 9.80 Å². The number of halogens is 2. The molecule has 3 heterocycles. The Balaban J connectivity index is 1.03. The van der Waals surface area contributed by atoms with E-state index in [0.717, 1.165) is 50.0 Å². The molecule has 6 nitrogen and oxygen atoms in total. The second kappa shape index (κ2) is 9.74. The third-order valence-corrected chi connectivity index (χ3v) is 7.73. The zero-order chi connectivity index (χ0) is 22.8. The van der Waals surface area contributed by atoms with Crippen LogP contribution in [0, 0.1) is 0 Å². The van der Waals surface area contributed by atoms with E-state index >= 15 is 0 Å². The Kier molecular flexibility index (Phi) is 6.74. The molecule has 0 N–H and O–H groups in total. The lowest BCUT2D eigenvalue weighted by Crippen LogP contribution is -2.60. The number of amides is 2. The Morgan fingerprint density at radius 1 is 0.909 bits per heavy atom. The van der Waals surface area contributed by atoms with Gasteiger partial charge in [0.05, 0.1) is 13.1 Å². The first-order valence-corrected chi connectivity index (χ1v) is 12.6. The number of alkyl halides is 2. The molecule has 1 aromatic carbocycles. The molecule has 3 saturated heterocycles. The van der Waals surface area contributed by atoms with Crippen molar-refractivity contribution in [3.05, 3.63) is 29.8 Å². The molecule has 1 saturated carbocycles. The molecule has 3 aliphatic heterocycles. The number of benzene rings is 1. The van der Waals surface area contributed by atoms with Gasteiger partial charge in [-0.2, -0.15) is 0 Å². The topological polar surface area (TPSA) is 39.3 Å². The standard InChI is InChI=1S/C25H36F2N4O2/c26-25(27)9-13-28(14-10-25)17-20-5-7-22(8-6-20)33-23-18-31(19-23)24(32)30-12-2-11-29(15-16-30)21-3-1-4-21/h5-8,21,23H,1-4,9-19H2. The van der Waals surface area contributed by atoms with Gasteiger partial charge in [0.2, 0.25) is 0 Å². The van der Waals surface area contributed by atoms with Crippen LogP contribution >= 0.6 is 0 Å². The minimum atomic E-state index is -2.50. The van der Waals surface area contributed by atoms with Gasteiger partial charge in [0.1, 0.15) is 11.9 Å². The van der Waals surface area contributed by atoms with Crippen molar-refractivity contribution < 1.29 is 18.3 Å². The summed E-state index contributed by atoms with van der Waals surface area (Å²) in [5, 5.41) is 0. The highest BCUT2D eigenvalue weighted by molar-refractivity contribution is 5.75. The molecule has 0 spiro atoms. The normalized spacial score (nSPS) is 25.3. The fourth-order valence-corrected chi connectivity index (χ4v) is 5.28. The lowest BCUT2D eigenvalue weighted by molar-refractivity contribution is -0.0566. The Morgan fingerprint density at radius 3 is 2.30 bits per heavy atom. The monoisotopic (exact) mass is 462 g/mol. The number of likely N-dealkylation sites (tertiary alicyclic amines) is 2. The minimum Gasteiger partial charge on any atom is -0.487 e.